The molecule has 0 saturated carbocycles. The van der Waals surface area contributed by atoms with Crippen molar-refractivity contribution in [3.8, 4) is 5.75 Å². The number of amides is 2. The van der Waals surface area contributed by atoms with Crippen LogP contribution in [0.25, 0.3) is 0 Å². The van der Waals surface area contributed by atoms with Crippen LogP contribution in [0.3, 0.4) is 0 Å². The Bertz CT molecular complexity index is 773. The van der Waals surface area contributed by atoms with E-state index < -0.39 is 6.04 Å². The molecule has 1 aliphatic heterocycles. The van der Waals surface area contributed by atoms with Gasteiger partial charge in [-0.2, -0.15) is 0 Å². The smallest absolute Gasteiger partial charge is 0.256 e. The fourth-order valence-corrected chi connectivity index (χ4v) is 2.84. The predicted molar refractivity (Wildman–Crippen MR) is 93.3 cm³/mol. The van der Waals surface area contributed by atoms with Gasteiger partial charge >= 0.3 is 0 Å². The first-order valence-electron chi connectivity index (χ1n) is 8.02. The van der Waals surface area contributed by atoms with Gasteiger partial charge in [-0.05, 0) is 43.7 Å². The topological polar surface area (TPSA) is 58.6 Å². The number of aryl methyl sites for hydroxylation is 1. The van der Waals surface area contributed by atoms with Crippen LogP contribution in [0.5, 0.6) is 5.75 Å². The summed E-state index contributed by atoms with van der Waals surface area (Å²) >= 11 is 0. The van der Waals surface area contributed by atoms with Crippen LogP contribution in [0.2, 0.25) is 0 Å². The third-order valence-corrected chi connectivity index (χ3v) is 3.92. The second-order valence-corrected chi connectivity index (χ2v) is 5.74. The summed E-state index contributed by atoms with van der Waals surface area (Å²) in [5, 5.41) is 3.15. The van der Waals surface area contributed by atoms with Gasteiger partial charge in [0.15, 0.2) is 0 Å². The van der Waals surface area contributed by atoms with E-state index in [0.29, 0.717) is 18.0 Å². The van der Waals surface area contributed by atoms with Gasteiger partial charge in [0.05, 0.1) is 24.4 Å². The summed E-state index contributed by atoms with van der Waals surface area (Å²) in [7, 11) is 0. The van der Waals surface area contributed by atoms with E-state index in [1.807, 2.05) is 56.3 Å². The summed E-state index contributed by atoms with van der Waals surface area (Å²) in [5.41, 5.74) is 2.34. The lowest BCUT2D eigenvalue weighted by Gasteiger charge is -2.18. The van der Waals surface area contributed by atoms with Gasteiger partial charge in [0.2, 0.25) is 5.91 Å². The Morgan fingerprint density at radius 3 is 2.71 bits per heavy atom. The van der Waals surface area contributed by atoms with E-state index >= 15 is 0 Å². The highest BCUT2D eigenvalue weighted by Crippen LogP contribution is 2.29. The first kappa shape index (κ1) is 16.1. The van der Waals surface area contributed by atoms with Crippen molar-refractivity contribution >= 4 is 23.2 Å². The fraction of sp³-hybridized carbons (Fsp3) is 0.263. The zero-order valence-corrected chi connectivity index (χ0v) is 13.8. The van der Waals surface area contributed by atoms with Crippen molar-refractivity contribution in [3.05, 3.63) is 54.1 Å². The molecule has 1 fully saturated rings. The average Bonchev–Trinajstić information content (AvgIpc) is 2.83. The third-order valence-electron chi connectivity index (χ3n) is 3.92. The molecule has 2 amide bonds. The molecule has 1 atom stereocenters. The van der Waals surface area contributed by atoms with Gasteiger partial charge in [0.25, 0.3) is 5.91 Å². The van der Waals surface area contributed by atoms with E-state index in [-0.39, 0.29) is 18.2 Å². The standard InChI is InChI=1S/C19H20N2O3/c1-3-24-17-10-5-4-9-15(17)20-16-12-18(22)21(19(16)23)14-8-6-7-13(2)11-14/h4-11,16,20H,3,12H2,1-2H3. The molecule has 1 heterocycles. The molecule has 5 nitrogen and oxygen atoms in total. The molecule has 1 aliphatic rings. The van der Waals surface area contributed by atoms with Crippen LogP contribution in [0, 0.1) is 6.92 Å². The Hall–Kier alpha value is -2.82. The zero-order valence-electron chi connectivity index (χ0n) is 13.8. The lowest BCUT2D eigenvalue weighted by atomic mass is 10.2. The number of imide groups is 1. The molecule has 5 heteroatoms. The molecule has 124 valence electrons. The lowest BCUT2D eigenvalue weighted by molar-refractivity contribution is -0.121. The molecule has 3 rings (SSSR count). The van der Waals surface area contributed by atoms with Crippen LogP contribution in [0.15, 0.2) is 48.5 Å². The van der Waals surface area contributed by atoms with Gasteiger partial charge in [-0.3, -0.25) is 9.59 Å². The normalized spacial score (nSPS) is 17.2. The highest BCUT2D eigenvalue weighted by molar-refractivity contribution is 6.23. The number of carbonyl (C=O) groups is 2. The monoisotopic (exact) mass is 324 g/mol. The minimum Gasteiger partial charge on any atom is -0.492 e. The number of para-hydroxylation sites is 2. The van der Waals surface area contributed by atoms with Crippen molar-refractivity contribution in [2.45, 2.75) is 26.3 Å². The van der Waals surface area contributed by atoms with Gasteiger partial charge in [-0.1, -0.05) is 24.3 Å². The average molecular weight is 324 g/mol. The lowest BCUT2D eigenvalue weighted by Crippen LogP contribution is -2.34. The Morgan fingerprint density at radius 1 is 1.17 bits per heavy atom. The van der Waals surface area contributed by atoms with Crippen molar-refractivity contribution in [1.29, 1.82) is 0 Å². The number of anilines is 2. The summed E-state index contributed by atoms with van der Waals surface area (Å²) < 4.78 is 5.56. The van der Waals surface area contributed by atoms with Crippen LogP contribution < -0.4 is 15.0 Å². The summed E-state index contributed by atoms with van der Waals surface area (Å²) in [4.78, 5) is 26.3. The van der Waals surface area contributed by atoms with Gasteiger partial charge in [0, 0.05) is 0 Å². The van der Waals surface area contributed by atoms with Crippen LogP contribution in [0.4, 0.5) is 11.4 Å². The van der Waals surface area contributed by atoms with E-state index in [2.05, 4.69) is 5.32 Å². The second kappa shape index (κ2) is 6.74. The molecule has 0 aliphatic carbocycles. The largest absolute Gasteiger partial charge is 0.492 e. The number of nitrogens with zero attached hydrogens (tertiary/aromatic N) is 1. The highest BCUT2D eigenvalue weighted by atomic mass is 16.5. The molecule has 2 aromatic carbocycles. The van der Waals surface area contributed by atoms with Gasteiger partial charge in [-0.15, -0.1) is 0 Å². The van der Waals surface area contributed by atoms with Gasteiger partial charge < -0.3 is 10.1 Å². The highest BCUT2D eigenvalue weighted by Gasteiger charge is 2.39. The second-order valence-electron chi connectivity index (χ2n) is 5.74. The number of hydrogen-bond acceptors (Lipinski definition) is 4. The molecular weight excluding hydrogens is 304 g/mol. The van der Waals surface area contributed by atoms with Crippen molar-refractivity contribution in [1.82, 2.24) is 0 Å². The zero-order chi connectivity index (χ0) is 17.1. The van der Waals surface area contributed by atoms with Gasteiger partial charge in [-0.25, -0.2) is 4.90 Å². The van der Waals surface area contributed by atoms with E-state index in [9.17, 15) is 9.59 Å². The van der Waals surface area contributed by atoms with E-state index in [1.54, 1.807) is 6.07 Å². The van der Waals surface area contributed by atoms with Crippen LogP contribution in [-0.4, -0.2) is 24.5 Å². The number of ether oxygens (including phenoxy) is 1. The van der Waals surface area contributed by atoms with Crippen LogP contribution in [0.1, 0.15) is 18.9 Å². The third kappa shape index (κ3) is 3.11. The molecular formula is C19H20N2O3. The Morgan fingerprint density at radius 2 is 1.96 bits per heavy atom. The van der Waals surface area contributed by atoms with Crippen LogP contribution in [-0.2, 0) is 9.59 Å². The molecule has 1 saturated heterocycles. The molecule has 0 aromatic heterocycles. The number of benzene rings is 2. The fourth-order valence-electron chi connectivity index (χ4n) is 2.84. The summed E-state index contributed by atoms with van der Waals surface area (Å²) in [6.07, 6.45) is 0.132. The van der Waals surface area contributed by atoms with E-state index in [0.717, 1.165) is 11.3 Å². The number of rotatable bonds is 5. The van der Waals surface area contributed by atoms with Gasteiger partial charge in [0.1, 0.15) is 11.8 Å². The maximum absolute atomic E-state index is 12.7. The maximum Gasteiger partial charge on any atom is 0.256 e. The first-order chi connectivity index (χ1) is 11.6. The van der Waals surface area contributed by atoms with Crippen molar-refractivity contribution in [3.63, 3.8) is 0 Å². The predicted octanol–water partition coefficient (Wildman–Crippen LogP) is 3.14. The summed E-state index contributed by atoms with van der Waals surface area (Å²) in [5.74, 6) is 0.239. The van der Waals surface area contributed by atoms with Crippen molar-refractivity contribution < 1.29 is 14.3 Å². The molecule has 0 bridgehead atoms. The summed E-state index contributed by atoms with van der Waals surface area (Å²) in [6.45, 7) is 4.37. The molecule has 1 N–H and O–H groups in total. The number of nitrogens with one attached hydrogen (secondary N) is 1. The maximum atomic E-state index is 12.7. The van der Waals surface area contributed by atoms with Crippen LogP contribution >= 0.6 is 0 Å². The molecule has 0 spiro atoms. The van der Waals surface area contributed by atoms with E-state index in [1.165, 1.54) is 4.90 Å². The van der Waals surface area contributed by atoms with E-state index in [4.69, 9.17) is 4.74 Å². The molecule has 1 unspecified atom stereocenters. The Kier molecular flexibility index (Phi) is 4.51. The Balaban J connectivity index is 1.82. The SMILES string of the molecule is CCOc1ccccc1NC1CC(=O)N(c2cccc(C)c2)C1=O. The molecule has 24 heavy (non-hydrogen) atoms. The quantitative estimate of drug-likeness (QED) is 0.859. The minimum atomic E-state index is -0.584. The minimum absolute atomic E-state index is 0.132. The summed E-state index contributed by atoms with van der Waals surface area (Å²) in [6, 6.07) is 14.2. The van der Waals surface area contributed by atoms with Crippen molar-refractivity contribution in [2.24, 2.45) is 0 Å². The number of hydrogen-bond donors (Lipinski definition) is 1. The molecule has 2 aromatic rings. The number of carbonyl (C=O) groups excluding carboxylic acids is 2. The molecule has 0 radical (unpaired) electrons. The first-order valence-corrected chi connectivity index (χ1v) is 8.02. The Labute approximate surface area is 141 Å². The van der Waals surface area contributed by atoms with Crippen molar-refractivity contribution in [2.75, 3.05) is 16.8 Å².